The van der Waals surface area contributed by atoms with E-state index in [-0.39, 0.29) is 6.61 Å². The Morgan fingerprint density at radius 1 is 1.00 bits per heavy atom. The van der Waals surface area contributed by atoms with Crippen molar-refractivity contribution < 1.29 is 9.84 Å². The Morgan fingerprint density at radius 3 is 2.32 bits per heavy atom. The maximum absolute atomic E-state index is 9.57. The van der Waals surface area contributed by atoms with E-state index in [2.05, 4.69) is 52.5 Å². The molecule has 0 saturated carbocycles. The average Bonchev–Trinajstić information content (AvgIpc) is 2.72. The van der Waals surface area contributed by atoms with Crippen LogP contribution in [0.2, 0.25) is 0 Å². The van der Waals surface area contributed by atoms with Gasteiger partial charge in [0.1, 0.15) is 5.75 Å². The fourth-order valence-corrected chi connectivity index (χ4v) is 4.22. The van der Waals surface area contributed by atoms with Crippen molar-refractivity contribution in [2.45, 2.75) is 37.4 Å². The summed E-state index contributed by atoms with van der Waals surface area (Å²) in [6, 6.07) is 17.7. The third-order valence-electron chi connectivity index (χ3n) is 5.34. The molecule has 1 aliphatic heterocycles. The van der Waals surface area contributed by atoms with Crippen molar-refractivity contribution >= 4 is 11.8 Å². The van der Waals surface area contributed by atoms with Crippen molar-refractivity contribution in [3.8, 4) is 5.75 Å². The molecule has 0 spiro atoms. The number of benzene rings is 2. The third kappa shape index (κ3) is 5.98. The van der Waals surface area contributed by atoms with E-state index < -0.39 is 0 Å². The highest BCUT2D eigenvalue weighted by molar-refractivity contribution is 7.98. The molecule has 1 atom stereocenters. The predicted molar refractivity (Wildman–Crippen MR) is 117 cm³/mol. The molecule has 28 heavy (non-hydrogen) atoms. The van der Waals surface area contributed by atoms with Crippen LogP contribution >= 0.6 is 11.8 Å². The van der Waals surface area contributed by atoms with Gasteiger partial charge in [-0.2, -0.15) is 0 Å². The summed E-state index contributed by atoms with van der Waals surface area (Å²) in [6.45, 7) is 7.93. The molecule has 3 rings (SSSR count). The second-order valence-electron chi connectivity index (χ2n) is 7.30. The van der Waals surface area contributed by atoms with Gasteiger partial charge in [0.2, 0.25) is 0 Å². The molecule has 0 aromatic heterocycles. The van der Waals surface area contributed by atoms with Gasteiger partial charge >= 0.3 is 0 Å². The van der Waals surface area contributed by atoms with Crippen LogP contribution in [0, 0.1) is 0 Å². The van der Waals surface area contributed by atoms with E-state index >= 15 is 0 Å². The summed E-state index contributed by atoms with van der Waals surface area (Å²) in [6.07, 6.45) is 2.93. The van der Waals surface area contributed by atoms with Gasteiger partial charge in [0, 0.05) is 50.3 Å². The van der Waals surface area contributed by atoms with Crippen molar-refractivity contribution in [2.24, 2.45) is 0 Å². The summed E-state index contributed by atoms with van der Waals surface area (Å²) in [4.78, 5) is 6.34. The number of piperazine rings is 1. The molecule has 1 aliphatic rings. The number of thioether (sulfide) groups is 1. The highest BCUT2D eigenvalue weighted by atomic mass is 32.2. The third-order valence-corrected chi connectivity index (χ3v) is 6.08. The Kier molecular flexibility index (Phi) is 8.22. The maximum atomic E-state index is 9.57. The number of aliphatic hydroxyl groups is 1. The van der Waals surface area contributed by atoms with Crippen LogP contribution in [0.15, 0.2) is 53.4 Å². The zero-order valence-electron chi connectivity index (χ0n) is 17.0. The number of nitrogens with zero attached hydrogens (tertiary/aromatic N) is 2. The molecule has 152 valence electrons. The number of hydrogen-bond acceptors (Lipinski definition) is 5. The molecule has 0 unspecified atom stereocenters. The first-order valence-corrected chi connectivity index (χ1v) is 11.4. The van der Waals surface area contributed by atoms with E-state index in [1.807, 2.05) is 19.1 Å². The van der Waals surface area contributed by atoms with Crippen LogP contribution in [0.5, 0.6) is 5.75 Å². The van der Waals surface area contributed by atoms with Crippen LogP contribution in [0.3, 0.4) is 0 Å². The molecule has 2 aromatic rings. The van der Waals surface area contributed by atoms with Gasteiger partial charge in [0.05, 0.1) is 6.61 Å². The minimum atomic E-state index is 0.237. The van der Waals surface area contributed by atoms with Crippen molar-refractivity contribution in [2.75, 3.05) is 39.1 Å². The van der Waals surface area contributed by atoms with E-state index in [9.17, 15) is 5.11 Å². The maximum Gasteiger partial charge on any atom is 0.119 e. The van der Waals surface area contributed by atoms with E-state index in [0.717, 1.165) is 44.9 Å². The Balaban J connectivity index is 1.58. The van der Waals surface area contributed by atoms with Gasteiger partial charge in [-0.3, -0.25) is 9.80 Å². The van der Waals surface area contributed by atoms with Crippen molar-refractivity contribution in [1.29, 1.82) is 0 Å². The van der Waals surface area contributed by atoms with Gasteiger partial charge in [0.15, 0.2) is 0 Å². The highest BCUT2D eigenvalue weighted by Crippen LogP contribution is 2.21. The average molecular weight is 401 g/mol. The fourth-order valence-electron chi connectivity index (χ4n) is 3.81. The molecular weight excluding hydrogens is 368 g/mol. The summed E-state index contributed by atoms with van der Waals surface area (Å²) in [7, 11) is 0. The Hall–Kier alpha value is -1.53. The number of hydrogen-bond donors (Lipinski definition) is 1. The van der Waals surface area contributed by atoms with Crippen molar-refractivity contribution in [3.05, 3.63) is 59.7 Å². The predicted octanol–water partition coefficient (Wildman–Crippen LogP) is 3.88. The quantitative estimate of drug-likeness (QED) is 0.647. The Morgan fingerprint density at radius 2 is 1.68 bits per heavy atom. The van der Waals surface area contributed by atoms with E-state index in [0.29, 0.717) is 12.6 Å². The normalized spacial score (nSPS) is 18.3. The molecule has 1 heterocycles. The summed E-state index contributed by atoms with van der Waals surface area (Å²) < 4.78 is 5.54. The first kappa shape index (κ1) is 21.2. The molecule has 0 aliphatic carbocycles. The standard InChI is InChI=1S/C23H32N2O2S/c1-3-27-22-8-4-20(5-9-22)17-25-14-13-24(18-21(25)12-15-26)16-19-6-10-23(28-2)11-7-19/h4-11,21,26H,3,12-18H2,1-2H3/t21-/m1/s1. The first-order chi connectivity index (χ1) is 13.7. The molecule has 1 saturated heterocycles. The van der Waals surface area contributed by atoms with Crippen molar-refractivity contribution in [1.82, 2.24) is 9.80 Å². The van der Waals surface area contributed by atoms with Crippen LogP contribution in [-0.2, 0) is 13.1 Å². The molecule has 0 radical (unpaired) electrons. The molecular formula is C23H32N2O2S. The lowest BCUT2D eigenvalue weighted by Crippen LogP contribution is -2.52. The minimum absolute atomic E-state index is 0.237. The summed E-state index contributed by atoms with van der Waals surface area (Å²) in [5.74, 6) is 0.926. The zero-order valence-corrected chi connectivity index (χ0v) is 17.8. The number of ether oxygens (including phenoxy) is 1. The van der Waals surface area contributed by atoms with Crippen LogP contribution in [0.1, 0.15) is 24.5 Å². The van der Waals surface area contributed by atoms with E-state index in [4.69, 9.17) is 4.74 Å². The SMILES string of the molecule is CCOc1ccc(CN2CCN(Cc3ccc(SC)cc3)C[C@H]2CCO)cc1. The zero-order chi connectivity index (χ0) is 19.8. The second-order valence-corrected chi connectivity index (χ2v) is 8.18. The molecule has 2 aromatic carbocycles. The number of aliphatic hydroxyl groups excluding tert-OH is 1. The number of rotatable bonds is 9. The molecule has 0 amide bonds. The molecule has 1 fully saturated rings. The first-order valence-electron chi connectivity index (χ1n) is 10.1. The topological polar surface area (TPSA) is 35.9 Å². The Labute approximate surface area is 173 Å². The smallest absolute Gasteiger partial charge is 0.119 e. The lowest BCUT2D eigenvalue weighted by Gasteiger charge is -2.41. The molecule has 0 bridgehead atoms. The molecule has 1 N–H and O–H groups in total. The summed E-state index contributed by atoms with van der Waals surface area (Å²) in [5.41, 5.74) is 2.66. The lowest BCUT2D eigenvalue weighted by atomic mass is 10.1. The molecule has 5 heteroatoms. The fraction of sp³-hybridized carbons (Fsp3) is 0.478. The van der Waals surface area contributed by atoms with Crippen LogP contribution in [-0.4, -0.2) is 60.1 Å². The van der Waals surface area contributed by atoms with Gasteiger partial charge < -0.3 is 9.84 Å². The van der Waals surface area contributed by atoms with Gasteiger partial charge in [-0.1, -0.05) is 24.3 Å². The summed E-state index contributed by atoms with van der Waals surface area (Å²) >= 11 is 1.78. The molecule has 4 nitrogen and oxygen atoms in total. The van der Waals surface area contributed by atoms with Gasteiger partial charge in [0.25, 0.3) is 0 Å². The monoisotopic (exact) mass is 400 g/mol. The highest BCUT2D eigenvalue weighted by Gasteiger charge is 2.26. The Bertz CT molecular complexity index is 706. The van der Waals surface area contributed by atoms with Crippen LogP contribution < -0.4 is 4.74 Å². The summed E-state index contributed by atoms with van der Waals surface area (Å²) in [5, 5.41) is 9.57. The van der Waals surface area contributed by atoms with Gasteiger partial charge in [-0.05, 0) is 55.0 Å². The largest absolute Gasteiger partial charge is 0.494 e. The van der Waals surface area contributed by atoms with Crippen LogP contribution in [0.4, 0.5) is 0 Å². The lowest BCUT2D eigenvalue weighted by molar-refractivity contribution is 0.0499. The van der Waals surface area contributed by atoms with Gasteiger partial charge in [-0.25, -0.2) is 0 Å². The van der Waals surface area contributed by atoms with E-state index in [1.165, 1.54) is 16.0 Å². The van der Waals surface area contributed by atoms with E-state index in [1.54, 1.807) is 11.8 Å². The second kappa shape index (κ2) is 10.9. The van der Waals surface area contributed by atoms with Crippen molar-refractivity contribution in [3.63, 3.8) is 0 Å². The van der Waals surface area contributed by atoms with Crippen LogP contribution in [0.25, 0.3) is 0 Å². The van der Waals surface area contributed by atoms with Gasteiger partial charge in [-0.15, -0.1) is 11.8 Å². The minimum Gasteiger partial charge on any atom is -0.494 e.